The first-order chi connectivity index (χ1) is 12.1. The van der Waals surface area contributed by atoms with Gasteiger partial charge in [-0.2, -0.15) is 0 Å². The van der Waals surface area contributed by atoms with Crippen molar-refractivity contribution >= 4 is 23.5 Å². The Labute approximate surface area is 149 Å². The van der Waals surface area contributed by atoms with Gasteiger partial charge in [0.1, 0.15) is 5.82 Å². The maximum Gasteiger partial charge on any atom is 0.257 e. The molecule has 0 radical (unpaired) electrons. The molecule has 1 atom stereocenters. The molecule has 0 aliphatic carbocycles. The number of anilines is 1. The van der Waals surface area contributed by atoms with Crippen molar-refractivity contribution in [2.24, 2.45) is 0 Å². The predicted molar refractivity (Wildman–Crippen MR) is 95.9 cm³/mol. The number of benzene rings is 1. The van der Waals surface area contributed by atoms with Crippen molar-refractivity contribution in [1.29, 1.82) is 0 Å². The molecule has 0 saturated heterocycles. The van der Waals surface area contributed by atoms with Gasteiger partial charge in [0.15, 0.2) is 16.7 Å². The molecule has 1 aliphatic rings. The number of methoxy groups -OCH3 is 1. The van der Waals surface area contributed by atoms with Gasteiger partial charge < -0.3 is 19.8 Å². The van der Waals surface area contributed by atoms with Crippen molar-refractivity contribution < 1.29 is 14.3 Å². The lowest BCUT2D eigenvalue weighted by atomic mass is 9.86. The third-order valence-electron chi connectivity index (χ3n) is 4.01. The second-order valence-electron chi connectivity index (χ2n) is 5.49. The van der Waals surface area contributed by atoms with Crippen LogP contribution < -0.4 is 20.3 Å². The second kappa shape index (κ2) is 7.18. The van der Waals surface area contributed by atoms with E-state index in [-0.39, 0.29) is 23.8 Å². The Morgan fingerprint density at radius 1 is 1.32 bits per heavy atom. The standard InChI is InChI=1S/C17H19N3O4S/c1-4-24-11-6-5-9(7-12(11)23-2)10-8-13(21)18-15-14(10)16(22)20-17(19-15)25-3/h5-7,10H,4,8H2,1-3H3,(H2,18,19,20,21,22). The van der Waals surface area contributed by atoms with Crippen molar-refractivity contribution in [1.82, 2.24) is 9.97 Å². The molecular weight excluding hydrogens is 342 g/mol. The molecule has 8 heteroatoms. The van der Waals surface area contributed by atoms with E-state index < -0.39 is 0 Å². The van der Waals surface area contributed by atoms with Crippen molar-refractivity contribution in [3.63, 3.8) is 0 Å². The number of nitrogens with zero attached hydrogens (tertiary/aromatic N) is 1. The van der Waals surface area contributed by atoms with Crippen LogP contribution in [0.1, 0.15) is 30.4 Å². The van der Waals surface area contributed by atoms with Crippen molar-refractivity contribution in [3.8, 4) is 11.5 Å². The highest BCUT2D eigenvalue weighted by atomic mass is 32.2. The number of aromatic nitrogens is 2. The lowest BCUT2D eigenvalue weighted by Crippen LogP contribution is -2.31. The largest absolute Gasteiger partial charge is 0.493 e. The SMILES string of the molecule is CCOc1ccc(C2CC(=O)Nc3nc(SC)[nH]c(=O)c32)cc1OC. The minimum atomic E-state index is -0.388. The molecule has 2 aromatic rings. The molecule has 0 saturated carbocycles. The zero-order valence-corrected chi connectivity index (χ0v) is 15.0. The van der Waals surface area contributed by atoms with E-state index in [1.807, 2.05) is 19.2 Å². The topological polar surface area (TPSA) is 93.3 Å². The molecule has 7 nitrogen and oxygen atoms in total. The third-order valence-corrected chi connectivity index (χ3v) is 4.59. The van der Waals surface area contributed by atoms with Gasteiger partial charge >= 0.3 is 0 Å². The van der Waals surface area contributed by atoms with Gasteiger partial charge in [-0.3, -0.25) is 9.59 Å². The molecule has 2 N–H and O–H groups in total. The molecule has 1 aromatic heterocycles. The highest BCUT2D eigenvalue weighted by Crippen LogP contribution is 2.38. The molecule has 0 spiro atoms. The molecule has 1 aromatic carbocycles. The Balaban J connectivity index is 2.10. The number of hydrogen-bond donors (Lipinski definition) is 2. The number of fused-ring (bicyclic) bond motifs is 1. The summed E-state index contributed by atoms with van der Waals surface area (Å²) in [6, 6.07) is 5.45. The van der Waals surface area contributed by atoms with E-state index >= 15 is 0 Å². The first-order valence-corrected chi connectivity index (χ1v) is 9.08. The summed E-state index contributed by atoms with van der Waals surface area (Å²) < 4.78 is 10.9. The molecule has 1 aliphatic heterocycles. The summed E-state index contributed by atoms with van der Waals surface area (Å²) in [7, 11) is 1.56. The monoisotopic (exact) mass is 361 g/mol. The Bertz CT molecular complexity index is 865. The molecule has 132 valence electrons. The number of carbonyl (C=O) groups excluding carboxylic acids is 1. The number of nitrogens with one attached hydrogen (secondary N) is 2. The summed E-state index contributed by atoms with van der Waals surface area (Å²) in [4.78, 5) is 31.7. The molecule has 0 fully saturated rings. The van der Waals surface area contributed by atoms with E-state index in [0.717, 1.165) is 5.56 Å². The van der Waals surface area contributed by atoms with Crippen molar-refractivity contribution in [3.05, 3.63) is 39.7 Å². The van der Waals surface area contributed by atoms with Crippen LogP contribution in [0, 0.1) is 0 Å². The van der Waals surface area contributed by atoms with Crippen LogP contribution in [0.15, 0.2) is 28.2 Å². The van der Waals surface area contributed by atoms with E-state index in [9.17, 15) is 9.59 Å². The van der Waals surface area contributed by atoms with Crippen LogP contribution in [0.25, 0.3) is 0 Å². The lowest BCUT2D eigenvalue weighted by Gasteiger charge is -2.25. The van der Waals surface area contributed by atoms with Crippen LogP contribution in [-0.4, -0.2) is 35.8 Å². The van der Waals surface area contributed by atoms with Gasteiger partial charge in [-0.1, -0.05) is 17.8 Å². The zero-order valence-electron chi connectivity index (χ0n) is 14.2. The summed E-state index contributed by atoms with van der Waals surface area (Å²) in [5.41, 5.74) is 1.02. The summed E-state index contributed by atoms with van der Waals surface area (Å²) in [5, 5.41) is 3.16. The Kier molecular flexibility index (Phi) is 4.98. The Hall–Kier alpha value is -2.48. The lowest BCUT2D eigenvalue weighted by molar-refractivity contribution is -0.116. The third kappa shape index (κ3) is 3.34. The molecule has 3 rings (SSSR count). The fraction of sp³-hybridized carbons (Fsp3) is 0.353. The van der Waals surface area contributed by atoms with Gasteiger partial charge in [0.2, 0.25) is 5.91 Å². The highest BCUT2D eigenvalue weighted by Gasteiger charge is 2.31. The molecule has 1 amide bonds. The first kappa shape index (κ1) is 17.3. The Morgan fingerprint density at radius 2 is 2.12 bits per heavy atom. The number of hydrogen-bond acceptors (Lipinski definition) is 6. The fourth-order valence-corrected chi connectivity index (χ4v) is 3.29. The van der Waals surface area contributed by atoms with E-state index in [0.29, 0.717) is 34.6 Å². The number of ether oxygens (including phenoxy) is 2. The number of thioether (sulfide) groups is 1. The molecular formula is C17H19N3O4S. The number of carbonyl (C=O) groups is 1. The summed E-state index contributed by atoms with van der Waals surface area (Å²) in [5.74, 6) is 0.953. The normalized spacial score (nSPS) is 16.1. The average molecular weight is 361 g/mol. The number of amides is 1. The van der Waals surface area contributed by atoms with Crippen LogP contribution >= 0.6 is 11.8 Å². The van der Waals surface area contributed by atoms with E-state index in [1.54, 1.807) is 19.2 Å². The first-order valence-electron chi connectivity index (χ1n) is 7.86. The van der Waals surface area contributed by atoms with E-state index in [2.05, 4.69) is 15.3 Å². The van der Waals surface area contributed by atoms with Crippen LogP contribution in [0.2, 0.25) is 0 Å². The quantitative estimate of drug-likeness (QED) is 0.627. The number of H-pyrrole nitrogens is 1. The fourth-order valence-electron chi connectivity index (χ4n) is 2.91. The van der Waals surface area contributed by atoms with Gasteiger partial charge in [0, 0.05) is 12.3 Å². The zero-order chi connectivity index (χ0) is 18.0. The molecule has 1 unspecified atom stereocenters. The number of aromatic amines is 1. The van der Waals surface area contributed by atoms with Crippen LogP contribution in [-0.2, 0) is 4.79 Å². The maximum atomic E-state index is 12.5. The molecule has 0 bridgehead atoms. The van der Waals surface area contributed by atoms with E-state index in [1.165, 1.54) is 11.8 Å². The van der Waals surface area contributed by atoms with Gasteiger partial charge in [-0.25, -0.2) is 4.98 Å². The summed E-state index contributed by atoms with van der Waals surface area (Å²) in [6.07, 6.45) is 1.98. The van der Waals surface area contributed by atoms with Crippen LogP contribution in [0.4, 0.5) is 5.82 Å². The maximum absolute atomic E-state index is 12.5. The van der Waals surface area contributed by atoms with E-state index in [4.69, 9.17) is 9.47 Å². The van der Waals surface area contributed by atoms with Crippen molar-refractivity contribution in [2.75, 3.05) is 25.3 Å². The molecule has 2 heterocycles. The highest BCUT2D eigenvalue weighted by molar-refractivity contribution is 7.98. The molecule has 25 heavy (non-hydrogen) atoms. The van der Waals surface area contributed by atoms with Crippen molar-refractivity contribution in [2.45, 2.75) is 24.4 Å². The predicted octanol–water partition coefficient (Wildman–Crippen LogP) is 2.37. The minimum absolute atomic E-state index is 0.171. The summed E-state index contributed by atoms with van der Waals surface area (Å²) >= 11 is 1.31. The summed E-state index contributed by atoms with van der Waals surface area (Å²) in [6.45, 7) is 2.41. The van der Waals surface area contributed by atoms with Gasteiger partial charge in [-0.15, -0.1) is 0 Å². The van der Waals surface area contributed by atoms with Gasteiger partial charge in [0.25, 0.3) is 5.56 Å². The Morgan fingerprint density at radius 3 is 2.80 bits per heavy atom. The average Bonchev–Trinajstić information content (AvgIpc) is 2.61. The minimum Gasteiger partial charge on any atom is -0.493 e. The number of rotatable bonds is 5. The van der Waals surface area contributed by atoms with Gasteiger partial charge in [-0.05, 0) is 30.9 Å². The van der Waals surface area contributed by atoms with Crippen LogP contribution in [0.5, 0.6) is 11.5 Å². The smallest absolute Gasteiger partial charge is 0.257 e. The van der Waals surface area contributed by atoms with Crippen LogP contribution in [0.3, 0.4) is 0 Å². The van der Waals surface area contributed by atoms with Gasteiger partial charge in [0.05, 0.1) is 19.3 Å². The second-order valence-corrected chi connectivity index (χ2v) is 6.28.